The van der Waals surface area contributed by atoms with Crippen LogP contribution in [0, 0.1) is 0 Å². The summed E-state index contributed by atoms with van der Waals surface area (Å²) in [6.07, 6.45) is 1.52. The highest BCUT2D eigenvalue weighted by Crippen LogP contribution is 2.24. The van der Waals surface area contributed by atoms with Crippen LogP contribution in [0.4, 0.5) is 5.69 Å². The van der Waals surface area contributed by atoms with E-state index in [2.05, 4.69) is 4.98 Å². The van der Waals surface area contributed by atoms with Gasteiger partial charge in [0.05, 0.1) is 5.56 Å². The molecule has 0 saturated carbocycles. The molecule has 2 aromatic rings. The molecule has 0 fully saturated rings. The number of aromatic nitrogens is 1. The zero-order chi connectivity index (χ0) is 12.4. The predicted molar refractivity (Wildman–Crippen MR) is 66.1 cm³/mol. The summed E-state index contributed by atoms with van der Waals surface area (Å²) in [4.78, 5) is 14.8. The largest absolute Gasteiger partial charge is 0.478 e. The van der Waals surface area contributed by atoms with Gasteiger partial charge in [-0.05, 0) is 23.8 Å². The fourth-order valence-electron chi connectivity index (χ4n) is 1.47. The first-order chi connectivity index (χ1) is 8.08. The van der Waals surface area contributed by atoms with Crippen molar-refractivity contribution >= 4 is 23.3 Å². The molecule has 0 aliphatic heterocycles. The van der Waals surface area contributed by atoms with Gasteiger partial charge in [0.15, 0.2) is 0 Å². The maximum atomic E-state index is 10.9. The molecule has 5 heteroatoms. The van der Waals surface area contributed by atoms with E-state index >= 15 is 0 Å². The van der Waals surface area contributed by atoms with Crippen LogP contribution in [0.25, 0.3) is 11.1 Å². The van der Waals surface area contributed by atoms with E-state index in [4.69, 9.17) is 22.4 Å². The smallest absolute Gasteiger partial charge is 0.338 e. The molecule has 2 rings (SSSR count). The number of hydrogen-bond acceptors (Lipinski definition) is 3. The number of carbonyl (C=O) groups is 1. The summed E-state index contributed by atoms with van der Waals surface area (Å²) in [7, 11) is 0. The van der Waals surface area contributed by atoms with Crippen molar-refractivity contribution in [3.8, 4) is 11.1 Å². The lowest BCUT2D eigenvalue weighted by Crippen LogP contribution is -1.99. The molecule has 0 amide bonds. The molecule has 1 aromatic carbocycles. The zero-order valence-electron chi connectivity index (χ0n) is 8.72. The third-order valence-electron chi connectivity index (χ3n) is 2.29. The molecule has 1 heterocycles. The fraction of sp³-hybridized carbons (Fsp3) is 0. The highest BCUT2D eigenvalue weighted by Gasteiger charge is 2.11. The maximum Gasteiger partial charge on any atom is 0.338 e. The number of nitrogen functional groups attached to an aromatic ring is 1. The standard InChI is InChI=1S/C12H9ClN2O2/c13-11-10(12(16)17)5-8(6-15-11)7-2-1-3-9(14)4-7/h1-6H,14H2,(H,16,17). The van der Waals surface area contributed by atoms with Crippen molar-refractivity contribution in [1.82, 2.24) is 4.98 Å². The minimum absolute atomic E-state index is 0.0217. The van der Waals surface area contributed by atoms with Gasteiger partial charge in [-0.15, -0.1) is 0 Å². The molecule has 4 nitrogen and oxygen atoms in total. The van der Waals surface area contributed by atoms with Crippen LogP contribution in [0.2, 0.25) is 5.15 Å². The Balaban J connectivity index is 2.54. The molecule has 0 aliphatic carbocycles. The van der Waals surface area contributed by atoms with Gasteiger partial charge in [0.1, 0.15) is 5.15 Å². The third-order valence-corrected chi connectivity index (χ3v) is 2.59. The SMILES string of the molecule is Nc1cccc(-c2cnc(Cl)c(C(=O)O)c2)c1. The summed E-state index contributed by atoms with van der Waals surface area (Å²) in [6, 6.07) is 8.60. The van der Waals surface area contributed by atoms with E-state index in [-0.39, 0.29) is 10.7 Å². The summed E-state index contributed by atoms with van der Waals surface area (Å²) in [5, 5.41) is 8.92. The molecular formula is C12H9ClN2O2. The number of benzene rings is 1. The lowest BCUT2D eigenvalue weighted by molar-refractivity contribution is 0.0696. The Kier molecular flexibility index (Phi) is 2.97. The molecule has 0 saturated heterocycles. The predicted octanol–water partition coefficient (Wildman–Crippen LogP) is 2.68. The second-order valence-corrected chi connectivity index (χ2v) is 3.85. The summed E-state index contributed by atoms with van der Waals surface area (Å²) in [5.41, 5.74) is 7.71. The van der Waals surface area contributed by atoms with Gasteiger partial charge in [-0.1, -0.05) is 23.7 Å². The van der Waals surface area contributed by atoms with Crippen molar-refractivity contribution < 1.29 is 9.90 Å². The Bertz CT molecular complexity index is 584. The van der Waals surface area contributed by atoms with Crippen LogP contribution in [-0.2, 0) is 0 Å². The fourth-order valence-corrected chi connectivity index (χ4v) is 1.66. The Morgan fingerprint density at radius 3 is 2.71 bits per heavy atom. The van der Waals surface area contributed by atoms with E-state index < -0.39 is 5.97 Å². The first-order valence-electron chi connectivity index (χ1n) is 4.82. The molecule has 1 aromatic heterocycles. The van der Waals surface area contributed by atoms with Gasteiger partial charge in [-0.25, -0.2) is 9.78 Å². The monoisotopic (exact) mass is 248 g/mol. The van der Waals surface area contributed by atoms with Crippen molar-refractivity contribution in [2.75, 3.05) is 5.73 Å². The maximum absolute atomic E-state index is 10.9. The number of hydrogen-bond donors (Lipinski definition) is 2. The van der Waals surface area contributed by atoms with Gasteiger partial charge in [-0.3, -0.25) is 0 Å². The summed E-state index contributed by atoms with van der Waals surface area (Å²) < 4.78 is 0. The summed E-state index contributed by atoms with van der Waals surface area (Å²) in [6.45, 7) is 0. The number of carboxylic acid groups (broad SMARTS) is 1. The Labute approximate surface area is 103 Å². The Hall–Kier alpha value is -2.07. The zero-order valence-corrected chi connectivity index (χ0v) is 9.48. The van der Waals surface area contributed by atoms with Gasteiger partial charge in [0.25, 0.3) is 0 Å². The lowest BCUT2D eigenvalue weighted by Gasteiger charge is -2.04. The normalized spacial score (nSPS) is 10.2. The molecule has 0 atom stereocenters. The van der Waals surface area contributed by atoms with Gasteiger partial charge in [0, 0.05) is 17.4 Å². The van der Waals surface area contributed by atoms with E-state index in [0.717, 1.165) is 5.56 Å². The van der Waals surface area contributed by atoms with Crippen LogP contribution < -0.4 is 5.73 Å². The molecule has 0 bridgehead atoms. The van der Waals surface area contributed by atoms with Crippen molar-refractivity contribution in [3.63, 3.8) is 0 Å². The van der Waals surface area contributed by atoms with Crippen LogP contribution in [0.3, 0.4) is 0 Å². The van der Waals surface area contributed by atoms with Crippen LogP contribution >= 0.6 is 11.6 Å². The average Bonchev–Trinajstić information content (AvgIpc) is 2.29. The Morgan fingerprint density at radius 2 is 2.06 bits per heavy atom. The second-order valence-electron chi connectivity index (χ2n) is 3.49. The first-order valence-corrected chi connectivity index (χ1v) is 5.20. The van der Waals surface area contributed by atoms with Crippen molar-refractivity contribution in [1.29, 1.82) is 0 Å². The van der Waals surface area contributed by atoms with Crippen molar-refractivity contribution in [3.05, 3.63) is 47.2 Å². The van der Waals surface area contributed by atoms with E-state index in [1.807, 2.05) is 6.07 Å². The van der Waals surface area contributed by atoms with E-state index in [1.54, 1.807) is 18.2 Å². The molecule has 0 aliphatic rings. The minimum Gasteiger partial charge on any atom is -0.478 e. The number of rotatable bonds is 2. The van der Waals surface area contributed by atoms with Crippen LogP contribution in [0.15, 0.2) is 36.5 Å². The lowest BCUT2D eigenvalue weighted by atomic mass is 10.1. The van der Waals surface area contributed by atoms with E-state index in [9.17, 15) is 4.79 Å². The number of carboxylic acids is 1. The molecule has 3 N–H and O–H groups in total. The number of nitrogens with zero attached hydrogens (tertiary/aromatic N) is 1. The molecule has 17 heavy (non-hydrogen) atoms. The molecule has 0 unspecified atom stereocenters. The minimum atomic E-state index is -1.10. The summed E-state index contributed by atoms with van der Waals surface area (Å²) in [5.74, 6) is -1.10. The van der Waals surface area contributed by atoms with Gasteiger partial charge in [-0.2, -0.15) is 0 Å². The van der Waals surface area contributed by atoms with E-state index in [0.29, 0.717) is 11.3 Å². The first kappa shape index (κ1) is 11.4. The van der Waals surface area contributed by atoms with Crippen LogP contribution in [-0.4, -0.2) is 16.1 Å². The molecular weight excluding hydrogens is 240 g/mol. The van der Waals surface area contributed by atoms with Gasteiger partial charge in [0.2, 0.25) is 0 Å². The number of halogens is 1. The van der Waals surface area contributed by atoms with E-state index in [1.165, 1.54) is 12.3 Å². The van der Waals surface area contributed by atoms with Gasteiger partial charge >= 0.3 is 5.97 Å². The highest BCUT2D eigenvalue weighted by atomic mass is 35.5. The van der Waals surface area contributed by atoms with Crippen LogP contribution in [0.1, 0.15) is 10.4 Å². The van der Waals surface area contributed by atoms with Crippen molar-refractivity contribution in [2.24, 2.45) is 0 Å². The summed E-state index contributed by atoms with van der Waals surface area (Å²) >= 11 is 5.69. The van der Waals surface area contributed by atoms with Gasteiger partial charge < -0.3 is 10.8 Å². The molecule has 0 radical (unpaired) electrons. The quantitative estimate of drug-likeness (QED) is 0.633. The Morgan fingerprint density at radius 1 is 1.29 bits per heavy atom. The number of anilines is 1. The van der Waals surface area contributed by atoms with Crippen LogP contribution in [0.5, 0.6) is 0 Å². The number of nitrogens with two attached hydrogens (primary N) is 1. The number of aromatic carboxylic acids is 1. The topological polar surface area (TPSA) is 76.2 Å². The van der Waals surface area contributed by atoms with Crippen molar-refractivity contribution in [2.45, 2.75) is 0 Å². The molecule has 86 valence electrons. The average molecular weight is 249 g/mol. The third kappa shape index (κ3) is 2.37. The number of pyridine rings is 1. The molecule has 0 spiro atoms. The highest BCUT2D eigenvalue weighted by molar-refractivity contribution is 6.32. The second kappa shape index (κ2) is 4.43.